The smallest absolute Gasteiger partial charge is 0.188 e. The highest BCUT2D eigenvalue weighted by Crippen LogP contribution is 2.43. The second kappa shape index (κ2) is 11.0. The van der Waals surface area contributed by atoms with E-state index in [1.54, 1.807) is 0 Å². The highest BCUT2D eigenvalue weighted by atomic mass is 16.3. The number of nitrogens with zero attached hydrogens (tertiary/aromatic N) is 4. The molecule has 0 fully saturated rings. The van der Waals surface area contributed by atoms with Crippen LogP contribution in [0.25, 0.3) is 105 Å². The van der Waals surface area contributed by atoms with Gasteiger partial charge in [-0.15, -0.1) is 0 Å². The molecule has 10 aromatic rings. The van der Waals surface area contributed by atoms with Crippen molar-refractivity contribution in [2.45, 2.75) is 0 Å². The van der Waals surface area contributed by atoms with E-state index in [1.165, 1.54) is 0 Å². The maximum Gasteiger partial charge on any atom is 0.188 e. The van der Waals surface area contributed by atoms with Crippen LogP contribution in [0.4, 0.5) is 5.69 Å². The molecule has 10 rings (SSSR count). The molecule has 232 valence electrons. The first-order valence-electron chi connectivity index (χ1n) is 16.3. The molecular weight excluding hydrogens is 617 g/mol. The van der Waals surface area contributed by atoms with Crippen molar-refractivity contribution in [3.8, 4) is 45.3 Å². The van der Waals surface area contributed by atoms with Gasteiger partial charge in [-0.2, -0.15) is 0 Å². The third-order valence-corrected chi connectivity index (χ3v) is 9.32. The number of hydrogen-bond acceptors (Lipinski definition) is 5. The van der Waals surface area contributed by atoms with Crippen molar-refractivity contribution in [2.24, 2.45) is 0 Å². The van der Waals surface area contributed by atoms with Crippen LogP contribution in [0.1, 0.15) is 0 Å². The molecule has 0 amide bonds. The Morgan fingerprint density at radius 1 is 0.440 bits per heavy atom. The second-order valence-corrected chi connectivity index (χ2v) is 12.3. The third kappa shape index (κ3) is 4.38. The molecule has 6 nitrogen and oxygen atoms in total. The zero-order valence-corrected chi connectivity index (χ0v) is 26.5. The Balaban J connectivity index is 1.23. The number of aromatic nitrogens is 3. The molecule has 7 aromatic carbocycles. The molecule has 0 aliphatic rings. The van der Waals surface area contributed by atoms with E-state index in [9.17, 15) is 0 Å². The van der Waals surface area contributed by atoms with Crippen molar-refractivity contribution in [1.82, 2.24) is 15.0 Å². The van der Waals surface area contributed by atoms with Gasteiger partial charge >= 0.3 is 0 Å². The average molecular weight is 641 g/mol. The Morgan fingerprint density at radius 3 is 1.98 bits per heavy atom. The Bertz CT molecular complexity index is 2990. The van der Waals surface area contributed by atoms with Crippen LogP contribution in [0.15, 0.2) is 154 Å². The zero-order valence-electron chi connectivity index (χ0n) is 26.5. The lowest BCUT2D eigenvalue weighted by Crippen LogP contribution is -2.00. The van der Waals surface area contributed by atoms with E-state index in [0.29, 0.717) is 34.3 Å². The quantitative estimate of drug-likeness (QED) is 0.179. The lowest BCUT2D eigenvalue weighted by atomic mass is 9.98. The minimum Gasteiger partial charge on any atom is -0.455 e. The molecule has 0 saturated carbocycles. The number of furan rings is 2. The summed E-state index contributed by atoms with van der Waals surface area (Å²) in [6.45, 7) is 8.02. The van der Waals surface area contributed by atoms with Gasteiger partial charge in [-0.25, -0.2) is 19.8 Å². The molecule has 6 heteroatoms. The first-order chi connectivity index (χ1) is 24.7. The van der Waals surface area contributed by atoms with Gasteiger partial charge in [0.25, 0.3) is 0 Å². The van der Waals surface area contributed by atoms with E-state index in [0.717, 1.165) is 71.3 Å². The summed E-state index contributed by atoms with van der Waals surface area (Å²) in [7, 11) is 0. The van der Waals surface area contributed by atoms with E-state index < -0.39 is 0 Å². The summed E-state index contributed by atoms with van der Waals surface area (Å²) in [6.07, 6.45) is 0. The number of benzene rings is 7. The van der Waals surface area contributed by atoms with Gasteiger partial charge in [0.05, 0.1) is 12.1 Å². The summed E-state index contributed by atoms with van der Waals surface area (Å²) in [4.78, 5) is 18.9. The number of rotatable bonds is 4. The van der Waals surface area contributed by atoms with E-state index in [-0.39, 0.29) is 0 Å². The lowest BCUT2D eigenvalue weighted by molar-refractivity contribution is 0.669. The number of hydrogen-bond donors (Lipinski definition) is 0. The van der Waals surface area contributed by atoms with Crippen molar-refractivity contribution in [3.05, 3.63) is 157 Å². The Hall–Kier alpha value is -7.10. The minimum absolute atomic E-state index is 0.424. The van der Waals surface area contributed by atoms with Crippen LogP contribution in [-0.4, -0.2) is 15.0 Å². The molecule has 3 aromatic heterocycles. The van der Waals surface area contributed by atoms with Crippen molar-refractivity contribution in [3.63, 3.8) is 0 Å². The summed E-state index contributed by atoms with van der Waals surface area (Å²) in [5, 5.41) is 5.99. The van der Waals surface area contributed by atoms with Gasteiger partial charge in [-0.3, -0.25) is 0 Å². The van der Waals surface area contributed by atoms with Gasteiger partial charge < -0.3 is 8.83 Å². The minimum atomic E-state index is 0.424. The fraction of sp³-hybridized carbons (Fsp3) is 0. The molecule has 0 atom stereocenters. The van der Waals surface area contributed by atoms with Gasteiger partial charge in [-0.05, 0) is 59.0 Å². The van der Waals surface area contributed by atoms with Crippen LogP contribution in [0.2, 0.25) is 0 Å². The molecule has 3 heterocycles. The van der Waals surface area contributed by atoms with Crippen LogP contribution in [0.3, 0.4) is 0 Å². The zero-order chi connectivity index (χ0) is 33.2. The van der Waals surface area contributed by atoms with Crippen LogP contribution >= 0.6 is 0 Å². The van der Waals surface area contributed by atoms with Crippen LogP contribution in [0, 0.1) is 6.57 Å². The van der Waals surface area contributed by atoms with Crippen molar-refractivity contribution in [2.75, 3.05) is 0 Å². The topological polar surface area (TPSA) is 69.3 Å². The molecule has 50 heavy (non-hydrogen) atoms. The SMILES string of the molecule is [C-]#[N+]c1cc(-c2nc(-c3ccccc3)nc(-c3ccc4oc5c6ccccc6ccc5c4c3)n2)c2oc3cccc(-c4ccccc4)c3c2c1. The summed E-state index contributed by atoms with van der Waals surface area (Å²) in [5.74, 6) is 1.46. The Labute approximate surface area is 285 Å². The van der Waals surface area contributed by atoms with Crippen LogP contribution in [-0.2, 0) is 0 Å². The maximum absolute atomic E-state index is 8.02. The van der Waals surface area contributed by atoms with Gasteiger partial charge in [0.2, 0.25) is 0 Å². The molecule has 0 N–H and O–H groups in total. The summed E-state index contributed by atoms with van der Waals surface area (Å²) >= 11 is 0. The Morgan fingerprint density at radius 2 is 1.16 bits per heavy atom. The molecule has 0 aliphatic heterocycles. The Kier molecular flexibility index (Phi) is 6.14. The van der Waals surface area contributed by atoms with Gasteiger partial charge in [0, 0.05) is 38.1 Å². The predicted molar refractivity (Wildman–Crippen MR) is 200 cm³/mol. The largest absolute Gasteiger partial charge is 0.455 e. The fourth-order valence-electron chi connectivity index (χ4n) is 6.99. The monoisotopic (exact) mass is 640 g/mol. The highest BCUT2D eigenvalue weighted by Gasteiger charge is 2.21. The van der Waals surface area contributed by atoms with Gasteiger partial charge in [0.15, 0.2) is 23.2 Å². The summed E-state index contributed by atoms with van der Waals surface area (Å²) < 4.78 is 13.0. The molecule has 0 aliphatic carbocycles. The predicted octanol–water partition coefficient (Wildman–Crippen LogP) is 12.0. The van der Waals surface area contributed by atoms with Gasteiger partial charge in [-0.1, -0.05) is 103 Å². The van der Waals surface area contributed by atoms with Crippen molar-refractivity contribution in [1.29, 1.82) is 0 Å². The number of fused-ring (bicyclic) bond motifs is 8. The van der Waals surface area contributed by atoms with Crippen molar-refractivity contribution < 1.29 is 8.83 Å². The van der Waals surface area contributed by atoms with Crippen LogP contribution < -0.4 is 0 Å². The fourth-order valence-corrected chi connectivity index (χ4v) is 6.99. The van der Waals surface area contributed by atoms with E-state index in [2.05, 4.69) is 53.4 Å². The average Bonchev–Trinajstić information content (AvgIpc) is 3.76. The molecule has 0 spiro atoms. The standard InChI is InChI=1S/C44H24N4O2/c1-45-30-24-35-39-31(26-11-4-2-5-12-26)17-10-18-38(39)50-41(35)36(25-30)44-47-42(28-14-6-3-7-15-28)46-43(48-44)29-20-22-37-34(23-29)33-21-19-27-13-8-9-16-32(27)40(33)49-37/h2-25H. The van der Waals surface area contributed by atoms with E-state index >= 15 is 0 Å². The molecule has 0 saturated heterocycles. The maximum atomic E-state index is 8.02. The van der Waals surface area contributed by atoms with Crippen LogP contribution in [0.5, 0.6) is 0 Å². The van der Waals surface area contributed by atoms with Gasteiger partial charge in [0.1, 0.15) is 22.3 Å². The highest BCUT2D eigenvalue weighted by molar-refractivity contribution is 6.17. The second-order valence-electron chi connectivity index (χ2n) is 12.3. The first-order valence-corrected chi connectivity index (χ1v) is 16.3. The normalized spacial score (nSPS) is 11.6. The van der Waals surface area contributed by atoms with E-state index in [4.69, 9.17) is 30.4 Å². The first kappa shape index (κ1) is 28.0. The lowest BCUT2D eigenvalue weighted by Gasteiger charge is -2.09. The van der Waals surface area contributed by atoms with E-state index in [1.807, 2.05) is 97.1 Å². The third-order valence-electron chi connectivity index (χ3n) is 9.32. The molecule has 0 radical (unpaired) electrons. The summed E-state index contributed by atoms with van der Waals surface area (Å²) in [6, 6.07) is 48.4. The molecule has 0 unspecified atom stereocenters. The summed E-state index contributed by atoms with van der Waals surface area (Å²) in [5.41, 5.74) is 7.88. The molecular formula is C44H24N4O2. The molecule has 0 bridgehead atoms. The van der Waals surface area contributed by atoms with Crippen molar-refractivity contribution >= 4 is 60.3 Å².